The van der Waals surface area contributed by atoms with Gasteiger partial charge in [0.1, 0.15) is 5.76 Å². The van der Waals surface area contributed by atoms with Crippen molar-refractivity contribution in [2.75, 3.05) is 11.1 Å². The Labute approximate surface area is 172 Å². The molecule has 1 aromatic carbocycles. The lowest BCUT2D eigenvalue weighted by Crippen LogP contribution is -2.15. The van der Waals surface area contributed by atoms with E-state index in [1.165, 1.54) is 11.8 Å². The smallest absolute Gasteiger partial charge is 0.234 e. The molecule has 0 aliphatic carbocycles. The first-order chi connectivity index (χ1) is 14.1. The molecule has 7 nitrogen and oxygen atoms in total. The lowest BCUT2D eigenvalue weighted by Gasteiger charge is -2.10. The molecule has 148 valence electrons. The fourth-order valence-electron chi connectivity index (χ4n) is 2.87. The average Bonchev–Trinajstić information content (AvgIpc) is 3.45. The summed E-state index contributed by atoms with van der Waals surface area (Å²) < 4.78 is 12.8. The molecule has 0 unspecified atom stereocenters. The van der Waals surface area contributed by atoms with Crippen molar-refractivity contribution in [3.8, 4) is 11.6 Å². The Balaban J connectivity index is 1.51. The Morgan fingerprint density at radius 1 is 1.10 bits per heavy atom. The monoisotopic (exact) mass is 408 g/mol. The van der Waals surface area contributed by atoms with Gasteiger partial charge in [-0.2, -0.15) is 0 Å². The van der Waals surface area contributed by atoms with E-state index in [4.69, 9.17) is 8.83 Å². The molecule has 0 bridgehead atoms. The molecule has 0 atom stereocenters. The number of hydrogen-bond acceptors (Lipinski definition) is 6. The van der Waals surface area contributed by atoms with Crippen molar-refractivity contribution in [2.24, 2.45) is 0 Å². The van der Waals surface area contributed by atoms with Crippen molar-refractivity contribution < 1.29 is 13.6 Å². The molecule has 1 N–H and O–H groups in total. The molecule has 3 heterocycles. The summed E-state index contributed by atoms with van der Waals surface area (Å²) in [7, 11) is 0. The van der Waals surface area contributed by atoms with Crippen molar-refractivity contribution in [3.63, 3.8) is 0 Å². The molecule has 0 spiro atoms. The molecule has 0 fully saturated rings. The normalized spacial score (nSPS) is 11.0. The number of amides is 1. The SMILES string of the molecule is Cc1ccc(C)c(NC(=O)CSc2nnc(-c3ccco3)n2Cc2ccco2)c1. The highest BCUT2D eigenvalue weighted by atomic mass is 32.2. The van der Waals surface area contributed by atoms with Crippen LogP contribution >= 0.6 is 11.8 Å². The Morgan fingerprint density at radius 3 is 2.69 bits per heavy atom. The predicted octanol–water partition coefficient (Wildman–Crippen LogP) is 4.53. The van der Waals surface area contributed by atoms with Gasteiger partial charge in [-0.1, -0.05) is 23.9 Å². The van der Waals surface area contributed by atoms with Gasteiger partial charge in [0.25, 0.3) is 0 Å². The van der Waals surface area contributed by atoms with E-state index in [1.54, 1.807) is 18.6 Å². The molecule has 29 heavy (non-hydrogen) atoms. The first kappa shape index (κ1) is 19.1. The van der Waals surface area contributed by atoms with Crippen LogP contribution in [-0.2, 0) is 11.3 Å². The van der Waals surface area contributed by atoms with Crippen LogP contribution in [0.3, 0.4) is 0 Å². The van der Waals surface area contributed by atoms with Crippen LogP contribution < -0.4 is 5.32 Å². The number of hydrogen-bond donors (Lipinski definition) is 1. The second-order valence-electron chi connectivity index (χ2n) is 6.60. The van der Waals surface area contributed by atoms with E-state index in [-0.39, 0.29) is 11.7 Å². The number of nitrogens with zero attached hydrogens (tertiary/aromatic N) is 3. The van der Waals surface area contributed by atoms with Gasteiger partial charge >= 0.3 is 0 Å². The second kappa shape index (κ2) is 8.40. The number of aryl methyl sites for hydroxylation is 2. The first-order valence-corrected chi connectivity index (χ1v) is 10.1. The minimum absolute atomic E-state index is 0.101. The highest BCUT2D eigenvalue weighted by Gasteiger charge is 2.18. The van der Waals surface area contributed by atoms with Crippen LogP contribution in [0.4, 0.5) is 5.69 Å². The van der Waals surface area contributed by atoms with Crippen molar-refractivity contribution >= 4 is 23.4 Å². The van der Waals surface area contributed by atoms with Crippen LogP contribution in [0.15, 0.2) is 69.0 Å². The summed E-state index contributed by atoms with van der Waals surface area (Å²) in [5.74, 6) is 2.07. The third kappa shape index (κ3) is 4.43. The third-order valence-electron chi connectivity index (χ3n) is 4.35. The summed E-state index contributed by atoms with van der Waals surface area (Å²) in [5.41, 5.74) is 2.94. The van der Waals surface area contributed by atoms with Crippen molar-refractivity contribution in [2.45, 2.75) is 25.5 Å². The van der Waals surface area contributed by atoms with Gasteiger partial charge in [-0.3, -0.25) is 9.36 Å². The number of benzene rings is 1. The highest BCUT2D eigenvalue weighted by molar-refractivity contribution is 7.99. The topological polar surface area (TPSA) is 86.1 Å². The van der Waals surface area contributed by atoms with E-state index in [0.717, 1.165) is 22.6 Å². The molecule has 3 aromatic heterocycles. The summed E-state index contributed by atoms with van der Waals surface area (Å²) in [6.45, 7) is 4.41. The minimum Gasteiger partial charge on any atom is -0.467 e. The molecule has 0 saturated carbocycles. The number of carbonyl (C=O) groups excluding carboxylic acids is 1. The van der Waals surface area contributed by atoms with E-state index in [2.05, 4.69) is 15.5 Å². The number of anilines is 1. The Hall–Kier alpha value is -3.26. The van der Waals surface area contributed by atoms with Crippen LogP contribution in [0.1, 0.15) is 16.9 Å². The molecule has 4 aromatic rings. The van der Waals surface area contributed by atoms with Crippen LogP contribution in [0.5, 0.6) is 0 Å². The Bertz CT molecular complexity index is 1100. The molecule has 1 amide bonds. The molecular weight excluding hydrogens is 388 g/mol. The van der Waals surface area contributed by atoms with E-state index < -0.39 is 0 Å². The molecule has 0 aliphatic heterocycles. The van der Waals surface area contributed by atoms with E-state index in [1.807, 2.05) is 54.8 Å². The third-order valence-corrected chi connectivity index (χ3v) is 5.32. The Kier molecular flexibility index (Phi) is 5.53. The fraction of sp³-hybridized carbons (Fsp3) is 0.190. The molecular formula is C21H20N4O3S. The van der Waals surface area contributed by atoms with Crippen LogP contribution in [0, 0.1) is 13.8 Å². The number of aromatic nitrogens is 3. The summed E-state index contributed by atoms with van der Waals surface area (Å²) in [5, 5.41) is 12.1. The van der Waals surface area contributed by atoms with Crippen molar-refractivity contribution in [3.05, 3.63) is 71.9 Å². The lowest BCUT2D eigenvalue weighted by molar-refractivity contribution is -0.113. The molecule has 0 saturated heterocycles. The van der Waals surface area contributed by atoms with Gasteiger partial charge in [-0.15, -0.1) is 10.2 Å². The van der Waals surface area contributed by atoms with E-state index in [9.17, 15) is 4.79 Å². The fourth-order valence-corrected chi connectivity index (χ4v) is 3.61. The zero-order valence-electron chi connectivity index (χ0n) is 16.1. The van der Waals surface area contributed by atoms with Gasteiger partial charge in [0.15, 0.2) is 10.9 Å². The molecule has 8 heteroatoms. The predicted molar refractivity (Wildman–Crippen MR) is 111 cm³/mol. The van der Waals surface area contributed by atoms with E-state index in [0.29, 0.717) is 23.3 Å². The molecule has 4 rings (SSSR count). The number of thioether (sulfide) groups is 1. The zero-order chi connectivity index (χ0) is 20.2. The summed E-state index contributed by atoms with van der Waals surface area (Å²) in [4.78, 5) is 12.5. The Morgan fingerprint density at radius 2 is 1.93 bits per heavy atom. The quantitative estimate of drug-likeness (QED) is 0.452. The average molecular weight is 408 g/mol. The number of nitrogens with one attached hydrogen (secondary N) is 1. The maximum absolute atomic E-state index is 12.5. The van der Waals surface area contributed by atoms with Gasteiger partial charge in [0.2, 0.25) is 11.7 Å². The lowest BCUT2D eigenvalue weighted by atomic mass is 10.1. The summed E-state index contributed by atoms with van der Waals surface area (Å²) in [6.07, 6.45) is 3.21. The number of rotatable bonds is 7. The highest BCUT2D eigenvalue weighted by Crippen LogP contribution is 2.26. The number of carbonyl (C=O) groups is 1. The van der Waals surface area contributed by atoms with Crippen LogP contribution in [0.2, 0.25) is 0 Å². The van der Waals surface area contributed by atoms with Crippen LogP contribution in [0.25, 0.3) is 11.6 Å². The standard InChI is InChI=1S/C21H20N4O3S/c1-14-7-8-15(2)17(11-14)22-19(26)13-29-21-24-23-20(18-6-4-10-28-18)25(21)12-16-5-3-9-27-16/h3-11H,12-13H2,1-2H3,(H,22,26). The van der Waals surface area contributed by atoms with Gasteiger partial charge in [-0.05, 0) is 55.3 Å². The zero-order valence-corrected chi connectivity index (χ0v) is 16.9. The van der Waals surface area contributed by atoms with Gasteiger partial charge in [-0.25, -0.2) is 0 Å². The van der Waals surface area contributed by atoms with Crippen molar-refractivity contribution in [1.29, 1.82) is 0 Å². The van der Waals surface area contributed by atoms with E-state index >= 15 is 0 Å². The summed E-state index contributed by atoms with van der Waals surface area (Å²) >= 11 is 1.32. The largest absolute Gasteiger partial charge is 0.467 e. The maximum atomic E-state index is 12.5. The number of furan rings is 2. The maximum Gasteiger partial charge on any atom is 0.234 e. The summed E-state index contributed by atoms with van der Waals surface area (Å²) in [6, 6.07) is 13.3. The molecule has 0 aliphatic rings. The van der Waals surface area contributed by atoms with Crippen molar-refractivity contribution in [1.82, 2.24) is 14.8 Å². The first-order valence-electron chi connectivity index (χ1n) is 9.09. The van der Waals surface area contributed by atoms with Crippen LogP contribution in [-0.4, -0.2) is 26.4 Å². The van der Waals surface area contributed by atoms with Gasteiger partial charge in [0.05, 0.1) is 24.8 Å². The van der Waals surface area contributed by atoms with Gasteiger partial charge in [0, 0.05) is 5.69 Å². The minimum atomic E-state index is -0.101. The molecule has 0 radical (unpaired) electrons. The van der Waals surface area contributed by atoms with Gasteiger partial charge < -0.3 is 14.2 Å². The second-order valence-corrected chi connectivity index (χ2v) is 7.55.